The number of aromatic nitrogens is 2. The van der Waals surface area contributed by atoms with Gasteiger partial charge in [-0.2, -0.15) is 5.10 Å². The number of nitrogens with one attached hydrogen (secondary N) is 2. The molecule has 1 aliphatic rings. The van der Waals surface area contributed by atoms with Gasteiger partial charge >= 0.3 is 0 Å². The molecule has 4 N–H and O–H groups in total. The summed E-state index contributed by atoms with van der Waals surface area (Å²) in [5, 5.41) is 9.21. The summed E-state index contributed by atoms with van der Waals surface area (Å²) >= 11 is 0. The van der Waals surface area contributed by atoms with Crippen LogP contribution in [0.3, 0.4) is 0 Å². The van der Waals surface area contributed by atoms with Gasteiger partial charge in [-0.15, -0.1) is 0 Å². The summed E-state index contributed by atoms with van der Waals surface area (Å²) in [5.41, 5.74) is 6.56. The van der Waals surface area contributed by atoms with Gasteiger partial charge in [0.2, 0.25) is 0 Å². The smallest absolute Gasteiger partial charge is 0.269 e. The molecular weight excluding hydrogens is 297 g/mol. The van der Waals surface area contributed by atoms with Gasteiger partial charge in [0, 0.05) is 31.3 Å². The van der Waals surface area contributed by atoms with Crippen molar-refractivity contribution in [3.05, 3.63) is 47.4 Å². The van der Waals surface area contributed by atoms with Crippen molar-refractivity contribution < 1.29 is 9.18 Å². The van der Waals surface area contributed by atoms with E-state index in [2.05, 4.69) is 20.4 Å². The number of rotatable bonds is 5. The Labute approximate surface area is 133 Å². The summed E-state index contributed by atoms with van der Waals surface area (Å²) in [4.78, 5) is 14.1. The monoisotopic (exact) mass is 317 g/mol. The molecule has 1 fully saturated rings. The quantitative estimate of drug-likeness (QED) is 0.777. The van der Waals surface area contributed by atoms with E-state index in [0.717, 1.165) is 19.5 Å². The molecule has 2 aromatic rings. The third-order valence-electron chi connectivity index (χ3n) is 4.12. The summed E-state index contributed by atoms with van der Waals surface area (Å²) in [6.07, 6.45) is 0.986. The number of likely N-dealkylation sites (tertiary alicyclic amines) is 1. The van der Waals surface area contributed by atoms with Crippen molar-refractivity contribution in [1.82, 2.24) is 20.4 Å². The molecule has 1 saturated heterocycles. The van der Waals surface area contributed by atoms with Crippen LogP contribution in [-0.2, 0) is 6.54 Å². The van der Waals surface area contributed by atoms with Gasteiger partial charge < -0.3 is 11.1 Å². The molecule has 1 amide bonds. The Kier molecular flexibility index (Phi) is 4.57. The van der Waals surface area contributed by atoms with Crippen molar-refractivity contribution in [2.75, 3.05) is 25.4 Å². The number of hydrogen-bond donors (Lipinski definition) is 3. The number of nitrogen functional groups attached to an aromatic ring is 1. The third-order valence-corrected chi connectivity index (χ3v) is 4.12. The molecule has 6 nitrogen and oxygen atoms in total. The maximum atomic E-state index is 13.7. The molecule has 122 valence electrons. The standard InChI is InChI=1S/C16H20FN5O/c17-13-4-2-1-3-12(13)10-22-6-5-11(9-22)8-19-16(23)14-7-15(18)21-20-14/h1-4,7,11H,5-6,8-10H2,(H,19,23)(H3,18,20,21)/t11-/m1/s1. The Morgan fingerprint density at radius 2 is 2.30 bits per heavy atom. The van der Waals surface area contributed by atoms with Crippen molar-refractivity contribution in [3.8, 4) is 0 Å². The molecule has 0 unspecified atom stereocenters. The highest BCUT2D eigenvalue weighted by atomic mass is 19.1. The van der Waals surface area contributed by atoms with Crippen molar-refractivity contribution in [2.45, 2.75) is 13.0 Å². The van der Waals surface area contributed by atoms with Crippen LogP contribution in [0.5, 0.6) is 0 Å². The number of nitrogens with two attached hydrogens (primary N) is 1. The van der Waals surface area contributed by atoms with E-state index in [-0.39, 0.29) is 11.7 Å². The molecule has 1 aromatic heterocycles. The molecular formula is C16H20FN5O. The number of carbonyl (C=O) groups excluding carboxylic acids is 1. The fourth-order valence-electron chi connectivity index (χ4n) is 2.88. The van der Waals surface area contributed by atoms with Crippen molar-refractivity contribution >= 4 is 11.7 Å². The SMILES string of the molecule is Nc1cc(C(=O)NC[C@H]2CCN(Cc3ccccc3F)C2)[nH]n1. The van der Waals surface area contributed by atoms with Gasteiger partial charge in [-0.25, -0.2) is 4.39 Å². The van der Waals surface area contributed by atoms with Crippen molar-refractivity contribution in [2.24, 2.45) is 5.92 Å². The molecule has 7 heteroatoms. The summed E-state index contributed by atoms with van der Waals surface area (Å²) in [5.74, 6) is 0.293. The Morgan fingerprint density at radius 3 is 3.04 bits per heavy atom. The second kappa shape index (κ2) is 6.78. The first kappa shape index (κ1) is 15.5. The average Bonchev–Trinajstić information content (AvgIpc) is 3.16. The summed E-state index contributed by atoms with van der Waals surface area (Å²) < 4.78 is 13.7. The average molecular weight is 317 g/mol. The lowest BCUT2D eigenvalue weighted by atomic mass is 10.1. The van der Waals surface area contributed by atoms with Crippen LogP contribution in [0.15, 0.2) is 30.3 Å². The zero-order chi connectivity index (χ0) is 16.2. The number of anilines is 1. The number of halogens is 1. The molecule has 0 bridgehead atoms. The van der Waals surface area contributed by atoms with E-state index >= 15 is 0 Å². The first-order valence-electron chi connectivity index (χ1n) is 7.66. The van der Waals surface area contributed by atoms with Crippen LogP contribution in [-0.4, -0.2) is 40.6 Å². The zero-order valence-electron chi connectivity index (χ0n) is 12.8. The number of benzene rings is 1. The van der Waals surface area contributed by atoms with Crippen LogP contribution in [0.25, 0.3) is 0 Å². The molecule has 3 rings (SSSR count). The van der Waals surface area contributed by atoms with Gasteiger partial charge in [-0.05, 0) is 24.9 Å². The van der Waals surface area contributed by atoms with Crippen molar-refractivity contribution in [1.29, 1.82) is 0 Å². The zero-order valence-corrected chi connectivity index (χ0v) is 12.8. The van der Waals surface area contributed by atoms with Crippen LogP contribution >= 0.6 is 0 Å². The van der Waals surface area contributed by atoms with Gasteiger partial charge in [0.1, 0.15) is 17.3 Å². The van der Waals surface area contributed by atoms with Crippen LogP contribution in [0.1, 0.15) is 22.5 Å². The lowest BCUT2D eigenvalue weighted by Gasteiger charge is -2.16. The summed E-state index contributed by atoms with van der Waals surface area (Å²) in [6, 6.07) is 8.35. The highest BCUT2D eigenvalue weighted by molar-refractivity contribution is 5.92. The molecule has 1 aromatic carbocycles. The van der Waals surface area contributed by atoms with Gasteiger partial charge in [0.15, 0.2) is 0 Å². The third kappa shape index (κ3) is 3.87. The number of carbonyl (C=O) groups is 1. The van der Waals surface area contributed by atoms with Crippen LogP contribution in [0, 0.1) is 11.7 Å². The predicted molar refractivity (Wildman–Crippen MR) is 85.1 cm³/mol. The lowest BCUT2D eigenvalue weighted by molar-refractivity contribution is 0.0942. The number of nitrogens with zero attached hydrogens (tertiary/aromatic N) is 2. The normalized spacial score (nSPS) is 18.2. The molecule has 0 radical (unpaired) electrons. The van der Waals surface area contributed by atoms with Crippen LogP contribution in [0.2, 0.25) is 0 Å². The molecule has 23 heavy (non-hydrogen) atoms. The lowest BCUT2D eigenvalue weighted by Crippen LogP contribution is -2.31. The second-order valence-electron chi connectivity index (χ2n) is 5.90. The van der Waals surface area contributed by atoms with E-state index < -0.39 is 0 Å². The minimum absolute atomic E-state index is 0.166. The first-order valence-corrected chi connectivity index (χ1v) is 7.66. The molecule has 0 spiro atoms. The van der Waals surface area contributed by atoms with E-state index in [9.17, 15) is 9.18 Å². The molecule has 0 saturated carbocycles. The summed E-state index contributed by atoms with van der Waals surface area (Å²) in [7, 11) is 0. The van der Waals surface area contributed by atoms with Gasteiger partial charge in [0.05, 0.1) is 0 Å². The van der Waals surface area contributed by atoms with Crippen LogP contribution < -0.4 is 11.1 Å². The van der Waals surface area contributed by atoms with Gasteiger partial charge in [0.25, 0.3) is 5.91 Å². The molecule has 2 heterocycles. The first-order chi connectivity index (χ1) is 11.1. The predicted octanol–water partition coefficient (Wildman–Crippen LogP) is 1.38. The number of amides is 1. The van der Waals surface area contributed by atoms with E-state index in [1.165, 1.54) is 12.1 Å². The number of H-pyrrole nitrogens is 1. The fourth-order valence-corrected chi connectivity index (χ4v) is 2.88. The topological polar surface area (TPSA) is 87.0 Å². The minimum atomic E-state index is -0.207. The van der Waals surface area contributed by atoms with E-state index in [1.54, 1.807) is 6.07 Å². The van der Waals surface area contributed by atoms with E-state index in [1.807, 2.05) is 12.1 Å². The maximum absolute atomic E-state index is 13.7. The Bertz CT molecular complexity index is 687. The molecule has 0 aliphatic carbocycles. The largest absolute Gasteiger partial charge is 0.382 e. The minimum Gasteiger partial charge on any atom is -0.382 e. The Morgan fingerprint density at radius 1 is 1.48 bits per heavy atom. The van der Waals surface area contributed by atoms with E-state index in [0.29, 0.717) is 36.1 Å². The van der Waals surface area contributed by atoms with Crippen LogP contribution in [0.4, 0.5) is 10.2 Å². The molecule has 1 atom stereocenters. The fraction of sp³-hybridized carbons (Fsp3) is 0.375. The summed E-state index contributed by atoms with van der Waals surface area (Å²) in [6.45, 7) is 2.95. The highest BCUT2D eigenvalue weighted by Crippen LogP contribution is 2.19. The van der Waals surface area contributed by atoms with E-state index in [4.69, 9.17) is 5.73 Å². The Hall–Kier alpha value is -2.41. The number of hydrogen-bond acceptors (Lipinski definition) is 4. The molecule has 1 aliphatic heterocycles. The van der Waals surface area contributed by atoms with Crippen molar-refractivity contribution in [3.63, 3.8) is 0 Å². The van der Waals surface area contributed by atoms with Gasteiger partial charge in [-0.3, -0.25) is 14.8 Å². The second-order valence-corrected chi connectivity index (χ2v) is 5.90. The number of aromatic amines is 1. The Balaban J connectivity index is 1.47. The van der Waals surface area contributed by atoms with Gasteiger partial charge in [-0.1, -0.05) is 18.2 Å². The highest BCUT2D eigenvalue weighted by Gasteiger charge is 2.23. The maximum Gasteiger partial charge on any atom is 0.269 e.